The summed E-state index contributed by atoms with van der Waals surface area (Å²) in [5.74, 6) is -4.59. The highest BCUT2D eigenvalue weighted by molar-refractivity contribution is 5.88. The molecule has 0 atom stereocenters. The van der Waals surface area contributed by atoms with Crippen molar-refractivity contribution < 1.29 is 28.6 Å². The number of likely N-dealkylation sites (tertiary alicyclic amines) is 1. The summed E-state index contributed by atoms with van der Waals surface area (Å²) in [7, 11) is 0. The van der Waals surface area contributed by atoms with E-state index in [1.54, 1.807) is 24.3 Å². The zero-order valence-electron chi connectivity index (χ0n) is 10.6. The summed E-state index contributed by atoms with van der Waals surface area (Å²) in [5, 5.41) is 0. The van der Waals surface area contributed by atoms with Crippen molar-refractivity contribution in [1.82, 2.24) is 4.90 Å². The van der Waals surface area contributed by atoms with Crippen LogP contribution in [0, 0.1) is 0 Å². The smallest absolute Gasteiger partial charge is 0.410 e. The molecule has 0 bridgehead atoms. The number of hydrogen-bond acceptors (Lipinski definition) is 3. The lowest BCUT2D eigenvalue weighted by molar-refractivity contribution is -0.150. The van der Waals surface area contributed by atoms with E-state index >= 15 is 0 Å². The Bertz CT molecular complexity index is 479. The zero-order chi connectivity index (χ0) is 13.9. The number of ether oxygens (including phenoxy) is 1. The van der Waals surface area contributed by atoms with Crippen molar-refractivity contribution in [3.05, 3.63) is 35.9 Å². The Morgan fingerprint density at radius 1 is 1.30 bits per heavy atom. The fourth-order valence-corrected chi connectivity index (χ4v) is 1.79. The minimum atomic E-state index is -3.47. The Labute approximate surface area is 114 Å². The van der Waals surface area contributed by atoms with Crippen molar-refractivity contribution in [3.8, 4) is 0 Å². The van der Waals surface area contributed by atoms with E-state index in [4.69, 9.17) is 4.74 Å². The van der Waals surface area contributed by atoms with Crippen LogP contribution in [0.15, 0.2) is 30.3 Å². The molecule has 2 N–H and O–H groups in total. The molecular formula is C13H15F2NO4. The standard InChI is InChI=1S/C13H13F2NO3.H2O/c14-13(15)9-16(7-6-11(13)17)12(18)19-8-10-4-2-1-3-5-10;/h1-5H,6-9H2;1H2. The fourth-order valence-electron chi connectivity index (χ4n) is 1.79. The third-order valence-corrected chi connectivity index (χ3v) is 2.87. The largest absolute Gasteiger partial charge is 0.445 e. The predicted molar refractivity (Wildman–Crippen MR) is 66.4 cm³/mol. The lowest BCUT2D eigenvalue weighted by Gasteiger charge is -2.30. The van der Waals surface area contributed by atoms with E-state index in [0.717, 1.165) is 10.5 Å². The minimum absolute atomic E-state index is 0. The molecule has 2 rings (SSSR count). The maximum absolute atomic E-state index is 13.2. The summed E-state index contributed by atoms with van der Waals surface area (Å²) in [6, 6.07) is 8.93. The van der Waals surface area contributed by atoms with Gasteiger partial charge in [-0.1, -0.05) is 30.3 Å². The molecular weight excluding hydrogens is 272 g/mol. The molecule has 110 valence electrons. The zero-order valence-corrected chi connectivity index (χ0v) is 10.6. The van der Waals surface area contributed by atoms with Crippen LogP contribution in [-0.2, 0) is 16.1 Å². The van der Waals surface area contributed by atoms with Gasteiger partial charge in [0.25, 0.3) is 0 Å². The van der Waals surface area contributed by atoms with Crippen LogP contribution >= 0.6 is 0 Å². The molecule has 0 radical (unpaired) electrons. The van der Waals surface area contributed by atoms with Gasteiger partial charge in [-0.15, -0.1) is 0 Å². The molecule has 1 aliphatic rings. The molecule has 0 spiro atoms. The lowest BCUT2D eigenvalue weighted by Crippen LogP contribution is -2.51. The molecule has 20 heavy (non-hydrogen) atoms. The van der Waals surface area contributed by atoms with Gasteiger partial charge in [0.05, 0.1) is 6.54 Å². The summed E-state index contributed by atoms with van der Waals surface area (Å²) in [6.45, 7) is -0.906. The first kappa shape index (κ1) is 16.0. The molecule has 5 nitrogen and oxygen atoms in total. The summed E-state index contributed by atoms with van der Waals surface area (Å²) in [5.41, 5.74) is 0.774. The maximum Gasteiger partial charge on any atom is 0.410 e. The predicted octanol–water partition coefficient (Wildman–Crippen LogP) is 1.41. The summed E-state index contributed by atoms with van der Waals surface area (Å²) < 4.78 is 31.3. The summed E-state index contributed by atoms with van der Waals surface area (Å²) in [4.78, 5) is 23.4. The highest BCUT2D eigenvalue weighted by Gasteiger charge is 2.45. The number of carbonyl (C=O) groups is 2. The molecule has 7 heteroatoms. The van der Waals surface area contributed by atoms with Gasteiger partial charge >= 0.3 is 12.0 Å². The van der Waals surface area contributed by atoms with Crippen molar-refractivity contribution >= 4 is 11.9 Å². The number of ketones is 1. The molecule has 1 heterocycles. The number of halogens is 2. The Hall–Kier alpha value is -2.02. The highest BCUT2D eigenvalue weighted by Crippen LogP contribution is 2.23. The number of rotatable bonds is 2. The summed E-state index contributed by atoms with van der Waals surface area (Å²) >= 11 is 0. The van der Waals surface area contributed by atoms with Gasteiger partial charge in [-0.3, -0.25) is 4.79 Å². The molecule has 0 aliphatic carbocycles. The first-order valence-corrected chi connectivity index (χ1v) is 5.86. The van der Waals surface area contributed by atoms with Crippen molar-refractivity contribution in [2.24, 2.45) is 0 Å². The summed E-state index contributed by atoms with van der Waals surface area (Å²) in [6.07, 6.45) is -1.16. The second-order valence-corrected chi connectivity index (χ2v) is 4.34. The Balaban J connectivity index is 0.00000200. The Morgan fingerprint density at radius 3 is 2.55 bits per heavy atom. The van der Waals surface area contributed by atoms with Gasteiger partial charge in [-0.25, -0.2) is 4.79 Å². The van der Waals surface area contributed by atoms with Crippen molar-refractivity contribution in [3.63, 3.8) is 0 Å². The van der Waals surface area contributed by atoms with Crippen LogP contribution < -0.4 is 0 Å². The Morgan fingerprint density at radius 2 is 1.95 bits per heavy atom. The van der Waals surface area contributed by atoms with E-state index in [1.807, 2.05) is 6.07 Å². The van der Waals surface area contributed by atoms with Crippen LogP contribution in [0.5, 0.6) is 0 Å². The lowest BCUT2D eigenvalue weighted by atomic mass is 10.1. The second kappa shape index (κ2) is 6.42. The molecule has 0 saturated carbocycles. The van der Waals surface area contributed by atoms with Crippen LogP contribution in [0.25, 0.3) is 0 Å². The first-order valence-electron chi connectivity index (χ1n) is 5.86. The van der Waals surface area contributed by atoms with E-state index in [9.17, 15) is 18.4 Å². The van der Waals surface area contributed by atoms with Gasteiger partial charge in [0.15, 0.2) is 0 Å². The van der Waals surface area contributed by atoms with Crippen molar-refractivity contribution in [1.29, 1.82) is 0 Å². The molecule has 0 unspecified atom stereocenters. The number of Topliss-reactive ketones (excluding diaryl/α,β-unsaturated/α-hetero) is 1. The maximum atomic E-state index is 13.2. The van der Waals surface area contributed by atoms with Crippen LogP contribution in [-0.4, -0.2) is 41.3 Å². The third-order valence-electron chi connectivity index (χ3n) is 2.87. The average Bonchev–Trinajstić information content (AvgIpc) is 2.40. The normalized spacial score (nSPS) is 17.3. The van der Waals surface area contributed by atoms with Gasteiger partial charge in [0, 0.05) is 13.0 Å². The number of benzene rings is 1. The van der Waals surface area contributed by atoms with Crippen LogP contribution in [0.3, 0.4) is 0 Å². The second-order valence-electron chi connectivity index (χ2n) is 4.34. The van der Waals surface area contributed by atoms with E-state index in [-0.39, 0.29) is 25.0 Å². The van der Waals surface area contributed by atoms with E-state index in [2.05, 4.69) is 0 Å². The Kier molecular flexibility index (Phi) is 5.15. The number of nitrogens with zero attached hydrogens (tertiary/aromatic N) is 1. The fraction of sp³-hybridized carbons (Fsp3) is 0.385. The number of alkyl halides is 2. The van der Waals surface area contributed by atoms with Crippen LogP contribution in [0.4, 0.5) is 13.6 Å². The van der Waals surface area contributed by atoms with Crippen molar-refractivity contribution in [2.75, 3.05) is 13.1 Å². The molecule has 1 amide bonds. The quantitative estimate of drug-likeness (QED) is 0.825. The molecule has 1 aromatic rings. The van der Waals surface area contributed by atoms with Gasteiger partial charge in [-0.05, 0) is 5.56 Å². The SMILES string of the molecule is O.O=C(OCc1ccccc1)N1CCC(=O)C(F)(F)C1. The van der Waals surface area contributed by atoms with Gasteiger partial charge < -0.3 is 15.1 Å². The van der Waals surface area contributed by atoms with Crippen LogP contribution in [0.2, 0.25) is 0 Å². The van der Waals surface area contributed by atoms with E-state index in [1.165, 1.54) is 0 Å². The molecule has 1 aromatic carbocycles. The molecule has 1 aliphatic heterocycles. The molecule has 1 saturated heterocycles. The van der Waals surface area contributed by atoms with Gasteiger partial charge in [0.2, 0.25) is 5.78 Å². The topological polar surface area (TPSA) is 78.1 Å². The van der Waals surface area contributed by atoms with Gasteiger partial charge in [0.1, 0.15) is 6.61 Å². The third kappa shape index (κ3) is 3.74. The monoisotopic (exact) mass is 287 g/mol. The van der Waals surface area contributed by atoms with Gasteiger partial charge in [-0.2, -0.15) is 8.78 Å². The highest BCUT2D eigenvalue weighted by atomic mass is 19.3. The first-order chi connectivity index (χ1) is 8.99. The minimum Gasteiger partial charge on any atom is -0.445 e. The van der Waals surface area contributed by atoms with Crippen molar-refractivity contribution in [2.45, 2.75) is 19.0 Å². The molecule has 1 fully saturated rings. The van der Waals surface area contributed by atoms with E-state index in [0.29, 0.717) is 0 Å². The number of amides is 1. The molecule has 0 aromatic heterocycles. The van der Waals surface area contributed by atoms with E-state index < -0.39 is 24.3 Å². The average molecular weight is 287 g/mol. The number of carbonyl (C=O) groups excluding carboxylic acids is 2. The number of hydrogen-bond donors (Lipinski definition) is 0. The number of piperidine rings is 1. The van der Waals surface area contributed by atoms with Crippen LogP contribution in [0.1, 0.15) is 12.0 Å².